The molecule has 0 aliphatic carbocycles. The predicted molar refractivity (Wildman–Crippen MR) is 51.5 cm³/mol. The molecule has 96 valence electrons. The lowest BCUT2D eigenvalue weighted by Gasteiger charge is -2.12. The van der Waals surface area contributed by atoms with Crippen molar-refractivity contribution in [3.8, 4) is 5.88 Å². The van der Waals surface area contributed by atoms with Crippen molar-refractivity contribution < 1.29 is 31.1 Å². The van der Waals surface area contributed by atoms with Gasteiger partial charge in [-0.15, -0.1) is 13.2 Å². The minimum absolute atomic E-state index is 0.278. The number of nitrogens with one attached hydrogen (secondary N) is 1. The number of pyridine rings is 1. The van der Waals surface area contributed by atoms with Crippen molar-refractivity contribution in [1.82, 2.24) is 4.98 Å². The molecule has 0 aromatic carbocycles. The third-order valence-electron chi connectivity index (χ3n) is 1.48. The first-order valence-electron chi connectivity index (χ1n) is 3.76. The van der Waals surface area contributed by atoms with E-state index in [1.54, 1.807) is 0 Å². The van der Waals surface area contributed by atoms with E-state index in [0.717, 1.165) is 0 Å². The average Bonchev–Trinajstić information content (AvgIpc) is 2.06. The van der Waals surface area contributed by atoms with Gasteiger partial charge in [0.2, 0.25) is 5.88 Å². The van der Waals surface area contributed by atoms with Crippen molar-refractivity contribution in [3.63, 3.8) is 0 Å². The number of H-pyrrole nitrogens is 1. The third-order valence-corrected chi connectivity index (χ3v) is 2.28. The summed E-state index contributed by atoms with van der Waals surface area (Å²) >= 11 is 1.19. The lowest BCUT2D eigenvalue weighted by molar-refractivity contribution is -0.276. The minimum Gasteiger partial charge on any atom is -0.389 e. The van der Waals surface area contributed by atoms with Crippen LogP contribution in [0, 0.1) is 3.57 Å². The Morgan fingerprint density at radius 2 is 1.71 bits per heavy atom. The van der Waals surface area contributed by atoms with Crippen molar-refractivity contribution in [2.45, 2.75) is 12.5 Å². The van der Waals surface area contributed by atoms with Crippen molar-refractivity contribution in [2.24, 2.45) is 0 Å². The summed E-state index contributed by atoms with van der Waals surface area (Å²) in [5.74, 6) is -1.07. The summed E-state index contributed by atoms with van der Waals surface area (Å²) in [6.45, 7) is 0. The van der Waals surface area contributed by atoms with Crippen LogP contribution in [0.3, 0.4) is 0 Å². The molecule has 0 saturated carbocycles. The van der Waals surface area contributed by atoms with E-state index in [1.807, 2.05) is 0 Å². The summed E-state index contributed by atoms with van der Waals surface area (Å²) in [5.41, 5.74) is -3.28. The lowest BCUT2D eigenvalue weighted by atomic mass is 10.3. The molecule has 1 aromatic rings. The number of ether oxygens (including phenoxy) is 1. The highest BCUT2D eigenvalue weighted by molar-refractivity contribution is 14.1. The molecular weight excluding hydrogens is 371 g/mol. The van der Waals surface area contributed by atoms with Crippen LogP contribution in [0.2, 0.25) is 0 Å². The predicted octanol–water partition coefficient (Wildman–Crippen LogP) is 2.90. The maximum atomic E-state index is 12.2. The summed E-state index contributed by atoms with van der Waals surface area (Å²) < 4.78 is 74.9. The van der Waals surface area contributed by atoms with Crippen molar-refractivity contribution in [3.05, 3.63) is 25.6 Å². The SMILES string of the molecule is O=c1[nH]c(OC(F)(F)F)c(I)cc1C(F)(F)F. The van der Waals surface area contributed by atoms with Gasteiger partial charge in [-0.05, 0) is 28.7 Å². The Kier molecular flexibility index (Phi) is 3.64. The number of alkyl halides is 6. The van der Waals surface area contributed by atoms with Gasteiger partial charge in [0, 0.05) is 0 Å². The van der Waals surface area contributed by atoms with Crippen LogP contribution < -0.4 is 10.3 Å². The van der Waals surface area contributed by atoms with E-state index < -0.39 is 33.1 Å². The fraction of sp³-hybridized carbons (Fsp3) is 0.286. The summed E-state index contributed by atoms with van der Waals surface area (Å²) in [7, 11) is 0. The van der Waals surface area contributed by atoms with Crippen LogP contribution in [0.5, 0.6) is 5.88 Å². The molecule has 1 N–H and O–H groups in total. The highest BCUT2D eigenvalue weighted by Gasteiger charge is 2.37. The normalized spacial score (nSPS) is 12.6. The molecule has 0 saturated heterocycles. The van der Waals surface area contributed by atoms with E-state index in [1.165, 1.54) is 27.6 Å². The molecule has 1 rings (SSSR count). The van der Waals surface area contributed by atoms with Gasteiger partial charge >= 0.3 is 12.5 Å². The van der Waals surface area contributed by atoms with Crippen LogP contribution in [0.1, 0.15) is 5.56 Å². The Morgan fingerprint density at radius 3 is 2.12 bits per heavy atom. The summed E-state index contributed by atoms with van der Waals surface area (Å²) in [6.07, 6.45) is -10.0. The largest absolute Gasteiger partial charge is 0.574 e. The first kappa shape index (κ1) is 14.1. The quantitative estimate of drug-likeness (QED) is 0.608. The Hall–Kier alpha value is -0.940. The van der Waals surface area contributed by atoms with Crippen LogP contribution in [0.4, 0.5) is 26.3 Å². The van der Waals surface area contributed by atoms with Crippen LogP contribution in [-0.2, 0) is 6.18 Å². The molecule has 10 heteroatoms. The van der Waals surface area contributed by atoms with Gasteiger partial charge in [0.05, 0.1) is 3.57 Å². The number of aromatic amines is 1. The van der Waals surface area contributed by atoms with Gasteiger partial charge in [0.15, 0.2) is 0 Å². The number of rotatable bonds is 1. The zero-order valence-corrected chi connectivity index (χ0v) is 9.70. The van der Waals surface area contributed by atoms with Crippen LogP contribution >= 0.6 is 22.6 Å². The van der Waals surface area contributed by atoms with E-state index in [2.05, 4.69) is 4.74 Å². The van der Waals surface area contributed by atoms with Gasteiger partial charge in [0.1, 0.15) is 5.56 Å². The van der Waals surface area contributed by atoms with Crippen molar-refractivity contribution >= 4 is 22.6 Å². The first-order valence-corrected chi connectivity index (χ1v) is 4.84. The van der Waals surface area contributed by atoms with Crippen molar-refractivity contribution in [2.75, 3.05) is 0 Å². The van der Waals surface area contributed by atoms with E-state index in [4.69, 9.17) is 0 Å². The van der Waals surface area contributed by atoms with Crippen LogP contribution in [0.15, 0.2) is 10.9 Å². The molecule has 0 radical (unpaired) electrons. The van der Waals surface area contributed by atoms with E-state index in [0.29, 0.717) is 0 Å². The molecule has 17 heavy (non-hydrogen) atoms. The molecule has 0 amide bonds. The van der Waals surface area contributed by atoms with Crippen molar-refractivity contribution in [1.29, 1.82) is 0 Å². The van der Waals surface area contributed by atoms with Gasteiger partial charge < -0.3 is 4.74 Å². The number of aromatic nitrogens is 1. The molecule has 0 spiro atoms. The monoisotopic (exact) mass is 373 g/mol. The fourth-order valence-electron chi connectivity index (χ4n) is 0.889. The van der Waals surface area contributed by atoms with E-state index in [-0.39, 0.29) is 6.07 Å². The summed E-state index contributed by atoms with van der Waals surface area (Å²) in [6, 6.07) is 0.278. The number of hydrogen-bond acceptors (Lipinski definition) is 2. The second kappa shape index (κ2) is 4.38. The first-order chi connectivity index (χ1) is 7.50. The molecule has 0 aliphatic rings. The van der Waals surface area contributed by atoms with Crippen LogP contribution in [0.25, 0.3) is 0 Å². The second-order valence-electron chi connectivity index (χ2n) is 2.73. The molecule has 3 nitrogen and oxygen atoms in total. The van der Waals surface area contributed by atoms with Gasteiger partial charge in [-0.1, -0.05) is 0 Å². The highest BCUT2D eigenvalue weighted by Crippen LogP contribution is 2.30. The fourth-order valence-corrected chi connectivity index (χ4v) is 1.44. The Labute approximate surface area is 103 Å². The van der Waals surface area contributed by atoms with Gasteiger partial charge in [0.25, 0.3) is 5.56 Å². The smallest absolute Gasteiger partial charge is 0.389 e. The number of halogens is 7. The summed E-state index contributed by atoms with van der Waals surface area (Å²) in [5, 5.41) is 0. The molecule has 0 bridgehead atoms. The Morgan fingerprint density at radius 1 is 1.18 bits per heavy atom. The Bertz CT molecular complexity index is 477. The average molecular weight is 373 g/mol. The lowest BCUT2D eigenvalue weighted by Crippen LogP contribution is -2.25. The maximum absolute atomic E-state index is 12.2. The molecule has 1 aromatic heterocycles. The molecule has 0 unspecified atom stereocenters. The molecule has 0 fully saturated rings. The maximum Gasteiger partial charge on any atom is 0.574 e. The molecular formula is C7H2F6INO2. The standard InChI is InChI=1S/C7H2F6INO2/c8-6(9,10)2-1-3(14)5(15-4(2)16)17-7(11,12)13/h1H,(H,15,16). The van der Waals surface area contributed by atoms with E-state index >= 15 is 0 Å². The minimum atomic E-state index is -5.09. The van der Waals surface area contributed by atoms with Crippen LogP contribution in [-0.4, -0.2) is 11.3 Å². The molecule has 0 atom stereocenters. The van der Waals surface area contributed by atoms with Gasteiger partial charge in [-0.2, -0.15) is 13.2 Å². The zero-order chi connectivity index (χ0) is 13.4. The molecule has 0 aliphatic heterocycles. The Balaban J connectivity index is 3.24. The zero-order valence-electron chi connectivity index (χ0n) is 7.54. The highest BCUT2D eigenvalue weighted by atomic mass is 127. The number of hydrogen-bond donors (Lipinski definition) is 1. The molecule has 1 heterocycles. The van der Waals surface area contributed by atoms with E-state index in [9.17, 15) is 31.1 Å². The van der Waals surface area contributed by atoms with Gasteiger partial charge in [-0.25, -0.2) is 0 Å². The topological polar surface area (TPSA) is 42.1 Å². The third kappa shape index (κ3) is 3.78. The summed E-state index contributed by atoms with van der Waals surface area (Å²) in [4.78, 5) is 12.3. The van der Waals surface area contributed by atoms with Gasteiger partial charge in [-0.3, -0.25) is 9.78 Å². The second-order valence-corrected chi connectivity index (χ2v) is 3.90.